The minimum Gasteiger partial charge on any atom is -0.316 e. The van der Waals surface area contributed by atoms with E-state index in [1.165, 1.54) is 64.1 Å². The first-order chi connectivity index (χ1) is 11.1. The number of hydrogen-bond donors (Lipinski definition) is 1. The van der Waals surface area contributed by atoms with Gasteiger partial charge in [-0.25, -0.2) is 0 Å². The van der Waals surface area contributed by atoms with E-state index >= 15 is 0 Å². The van der Waals surface area contributed by atoms with E-state index < -0.39 is 0 Å². The molecule has 0 aromatic heterocycles. The van der Waals surface area contributed by atoms with Gasteiger partial charge in [0.05, 0.1) is 0 Å². The van der Waals surface area contributed by atoms with Crippen molar-refractivity contribution in [2.45, 2.75) is 32.7 Å². The van der Waals surface area contributed by atoms with Crippen LogP contribution in [0.4, 0.5) is 0 Å². The third-order valence-electron chi connectivity index (χ3n) is 5.63. The lowest BCUT2D eigenvalue weighted by Gasteiger charge is -2.38. The summed E-state index contributed by atoms with van der Waals surface area (Å²) in [7, 11) is 2.27. The minimum absolute atomic E-state index is 0.511. The van der Waals surface area contributed by atoms with Crippen molar-refractivity contribution in [3.63, 3.8) is 0 Å². The molecule has 2 saturated heterocycles. The number of hydrogen-bond acceptors (Lipinski definition) is 3. The van der Waals surface area contributed by atoms with E-state index in [2.05, 4.69) is 59.4 Å². The zero-order valence-electron chi connectivity index (χ0n) is 14.9. The molecule has 1 aromatic carbocycles. The molecule has 2 heterocycles. The summed E-state index contributed by atoms with van der Waals surface area (Å²) in [4.78, 5) is 5.21. The van der Waals surface area contributed by atoms with Gasteiger partial charge < -0.3 is 15.1 Å². The van der Waals surface area contributed by atoms with Crippen LogP contribution in [0.5, 0.6) is 0 Å². The van der Waals surface area contributed by atoms with E-state index in [0.717, 1.165) is 12.5 Å². The first-order valence-electron chi connectivity index (χ1n) is 9.29. The van der Waals surface area contributed by atoms with Gasteiger partial charge in [0.2, 0.25) is 0 Å². The molecule has 2 aliphatic heterocycles. The Morgan fingerprint density at radius 3 is 2.61 bits per heavy atom. The lowest BCUT2D eigenvalue weighted by atomic mass is 9.87. The number of rotatable bonds is 6. The van der Waals surface area contributed by atoms with Gasteiger partial charge in [-0.3, -0.25) is 0 Å². The standard InChI is InChI=1S/C20H33N3/c1-20(10-11-21-16-20)17-23-12-8-19(9-13-23)15-22(2)14-18-6-4-3-5-7-18/h3-7,19,21H,8-17H2,1-2H3. The van der Waals surface area contributed by atoms with E-state index in [-0.39, 0.29) is 0 Å². The molecule has 1 N–H and O–H groups in total. The summed E-state index contributed by atoms with van der Waals surface area (Å²) in [6.45, 7) is 11.0. The molecule has 2 aliphatic rings. The van der Waals surface area contributed by atoms with Crippen LogP contribution in [0, 0.1) is 11.3 Å². The van der Waals surface area contributed by atoms with Crippen LogP contribution in [0.15, 0.2) is 30.3 Å². The highest BCUT2D eigenvalue weighted by Crippen LogP contribution is 2.28. The van der Waals surface area contributed by atoms with Crippen molar-refractivity contribution in [2.75, 3.05) is 46.3 Å². The van der Waals surface area contributed by atoms with E-state index in [1.807, 2.05) is 0 Å². The summed E-state index contributed by atoms with van der Waals surface area (Å²) in [5.74, 6) is 0.870. The van der Waals surface area contributed by atoms with Crippen LogP contribution in [0.3, 0.4) is 0 Å². The Bertz CT molecular complexity index is 459. The van der Waals surface area contributed by atoms with Gasteiger partial charge >= 0.3 is 0 Å². The second kappa shape index (κ2) is 7.78. The fourth-order valence-electron chi connectivity index (χ4n) is 4.27. The van der Waals surface area contributed by atoms with Crippen LogP contribution in [-0.2, 0) is 6.54 Å². The number of piperidine rings is 1. The van der Waals surface area contributed by atoms with Crippen molar-refractivity contribution in [1.82, 2.24) is 15.1 Å². The van der Waals surface area contributed by atoms with Gasteiger partial charge in [0.25, 0.3) is 0 Å². The van der Waals surface area contributed by atoms with Crippen molar-refractivity contribution < 1.29 is 0 Å². The topological polar surface area (TPSA) is 18.5 Å². The molecule has 0 aliphatic carbocycles. The highest BCUT2D eigenvalue weighted by atomic mass is 15.2. The second-order valence-electron chi connectivity index (χ2n) is 8.14. The van der Waals surface area contributed by atoms with Gasteiger partial charge in [0.1, 0.15) is 0 Å². The quantitative estimate of drug-likeness (QED) is 0.871. The molecule has 3 nitrogen and oxygen atoms in total. The van der Waals surface area contributed by atoms with Gasteiger partial charge in [-0.2, -0.15) is 0 Å². The molecule has 128 valence electrons. The lowest BCUT2D eigenvalue weighted by Crippen LogP contribution is -2.43. The largest absolute Gasteiger partial charge is 0.316 e. The van der Waals surface area contributed by atoms with Crippen molar-refractivity contribution >= 4 is 0 Å². The Morgan fingerprint density at radius 1 is 1.22 bits per heavy atom. The maximum Gasteiger partial charge on any atom is 0.0230 e. The third kappa shape index (κ3) is 5.03. The molecular formula is C20H33N3. The van der Waals surface area contributed by atoms with Crippen molar-refractivity contribution in [3.8, 4) is 0 Å². The molecule has 0 spiro atoms. The van der Waals surface area contributed by atoms with Crippen LogP contribution < -0.4 is 5.32 Å². The van der Waals surface area contributed by atoms with E-state index in [0.29, 0.717) is 5.41 Å². The Kier molecular flexibility index (Phi) is 5.73. The summed E-state index contributed by atoms with van der Waals surface area (Å²) in [6, 6.07) is 10.8. The predicted molar refractivity (Wildman–Crippen MR) is 97.5 cm³/mol. The maximum absolute atomic E-state index is 3.53. The average molecular weight is 316 g/mol. The van der Waals surface area contributed by atoms with Crippen molar-refractivity contribution in [3.05, 3.63) is 35.9 Å². The predicted octanol–water partition coefficient (Wildman–Crippen LogP) is 2.83. The van der Waals surface area contributed by atoms with E-state index in [4.69, 9.17) is 0 Å². The summed E-state index contributed by atoms with van der Waals surface area (Å²) in [6.07, 6.45) is 4.07. The fourth-order valence-corrected chi connectivity index (χ4v) is 4.27. The molecule has 1 atom stereocenters. The molecule has 3 heteroatoms. The second-order valence-corrected chi connectivity index (χ2v) is 8.14. The van der Waals surface area contributed by atoms with Crippen LogP contribution >= 0.6 is 0 Å². The number of nitrogens with one attached hydrogen (secondary N) is 1. The molecule has 3 rings (SSSR count). The summed E-state index contributed by atoms with van der Waals surface area (Å²) in [5, 5.41) is 3.53. The first-order valence-corrected chi connectivity index (χ1v) is 9.29. The van der Waals surface area contributed by atoms with E-state index in [9.17, 15) is 0 Å². The molecular weight excluding hydrogens is 282 g/mol. The number of nitrogens with zero attached hydrogens (tertiary/aromatic N) is 2. The molecule has 0 amide bonds. The summed E-state index contributed by atoms with van der Waals surface area (Å²) >= 11 is 0. The Balaban J connectivity index is 1.39. The number of likely N-dealkylation sites (tertiary alicyclic amines) is 1. The molecule has 0 saturated carbocycles. The third-order valence-corrected chi connectivity index (χ3v) is 5.63. The highest BCUT2D eigenvalue weighted by molar-refractivity contribution is 5.14. The maximum atomic E-state index is 3.53. The highest BCUT2D eigenvalue weighted by Gasteiger charge is 2.32. The molecule has 0 radical (unpaired) electrons. The van der Waals surface area contributed by atoms with Crippen LogP contribution in [0.1, 0.15) is 31.7 Å². The summed E-state index contributed by atoms with van der Waals surface area (Å²) < 4.78 is 0. The molecule has 0 bridgehead atoms. The van der Waals surface area contributed by atoms with Crippen LogP contribution in [0.25, 0.3) is 0 Å². The summed E-state index contributed by atoms with van der Waals surface area (Å²) in [5.41, 5.74) is 1.94. The van der Waals surface area contributed by atoms with Gasteiger partial charge in [-0.15, -0.1) is 0 Å². The van der Waals surface area contributed by atoms with Crippen LogP contribution in [0.2, 0.25) is 0 Å². The zero-order chi connectivity index (χ0) is 16.1. The van der Waals surface area contributed by atoms with Crippen molar-refractivity contribution in [2.24, 2.45) is 11.3 Å². The smallest absolute Gasteiger partial charge is 0.0230 e. The van der Waals surface area contributed by atoms with Crippen LogP contribution in [-0.4, -0.2) is 56.1 Å². The van der Waals surface area contributed by atoms with E-state index in [1.54, 1.807) is 0 Å². The average Bonchev–Trinajstić information content (AvgIpc) is 2.96. The molecule has 23 heavy (non-hydrogen) atoms. The lowest BCUT2D eigenvalue weighted by molar-refractivity contribution is 0.113. The molecule has 2 fully saturated rings. The van der Waals surface area contributed by atoms with Crippen molar-refractivity contribution in [1.29, 1.82) is 0 Å². The van der Waals surface area contributed by atoms with Gasteiger partial charge in [0.15, 0.2) is 0 Å². The van der Waals surface area contributed by atoms with Gasteiger partial charge in [-0.05, 0) is 62.8 Å². The van der Waals surface area contributed by atoms with Gasteiger partial charge in [0, 0.05) is 26.2 Å². The number of benzene rings is 1. The zero-order valence-corrected chi connectivity index (χ0v) is 14.9. The molecule has 1 aromatic rings. The minimum atomic E-state index is 0.511. The normalized spacial score (nSPS) is 26.9. The SMILES string of the molecule is CN(Cc1ccccc1)CC1CCN(CC2(C)CCNC2)CC1. The fraction of sp³-hybridized carbons (Fsp3) is 0.700. The monoisotopic (exact) mass is 315 g/mol. The first kappa shape index (κ1) is 16.9. The molecule has 1 unspecified atom stereocenters. The Morgan fingerprint density at radius 2 is 1.96 bits per heavy atom. The Labute approximate surface area is 142 Å². The van der Waals surface area contributed by atoms with Gasteiger partial charge in [-0.1, -0.05) is 37.3 Å². The Hall–Kier alpha value is -0.900.